The number of ether oxygens (including phenoxy) is 1. The van der Waals surface area contributed by atoms with Crippen molar-refractivity contribution in [2.45, 2.75) is 45.4 Å². The van der Waals surface area contributed by atoms with E-state index in [1.54, 1.807) is 0 Å². The van der Waals surface area contributed by atoms with Gasteiger partial charge in [0, 0.05) is 13.2 Å². The third-order valence-electron chi connectivity index (χ3n) is 3.51. The highest BCUT2D eigenvalue weighted by atomic mass is 16.5. The van der Waals surface area contributed by atoms with Crippen molar-refractivity contribution in [3.63, 3.8) is 0 Å². The molecule has 1 N–H and O–H groups in total. The summed E-state index contributed by atoms with van der Waals surface area (Å²) in [6, 6.07) is 0. The highest BCUT2D eigenvalue weighted by molar-refractivity contribution is 5.72. The minimum atomic E-state index is -0.0255. The lowest BCUT2D eigenvalue weighted by molar-refractivity contribution is -0.149. The molecule has 0 bridgehead atoms. The van der Waals surface area contributed by atoms with E-state index in [1.165, 1.54) is 6.42 Å². The number of aliphatic hydroxyl groups excluding tert-OH is 1. The van der Waals surface area contributed by atoms with Crippen molar-refractivity contribution < 1.29 is 14.6 Å². The van der Waals surface area contributed by atoms with Gasteiger partial charge in [-0.1, -0.05) is 12.8 Å². The number of esters is 1. The average molecular weight is 257 g/mol. The first-order valence-corrected chi connectivity index (χ1v) is 7.27. The second-order valence-electron chi connectivity index (χ2n) is 5.03. The highest BCUT2D eigenvalue weighted by Gasteiger charge is 2.26. The monoisotopic (exact) mass is 257 g/mol. The number of hydrogen-bond acceptors (Lipinski definition) is 4. The second-order valence-corrected chi connectivity index (χ2v) is 5.03. The van der Waals surface area contributed by atoms with Crippen LogP contribution >= 0.6 is 0 Å². The summed E-state index contributed by atoms with van der Waals surface area (Å²) in [5.74, 6) is 0.0543. The molecule has 0 radical (unpaired) electrons. The van der Waals surface area contributed by atoms with Crippen molar-refractivity contribution in [2.75, 3.05) is 32.8 Å². The summed E-state index contributed by atoms with van der Waals surface area (Å²) in [5.41, 5.74) is 0. The number of nitrogens with zero attached hydrogens (tertiary/aromatic N) is 1. The van der Waals surface area contributed by atoms with Crippen LogP contribution in [-0.2, 0) is 9.53 Å². The lowest BCUT2D eigenvalue weighted by atomic mass is 9.98. The fourth-order valence-corrected chi connectivity index (χ4v) is 2.51. The van der Waals surface area contributed by atoms with E-state index in [0.29, 0.717) is 13.2 Å². The third-order valence-corrected chi connectivity index (χ3v) is 3.51. The molecule has 1 saturated heterocycles. The molecular formula is C14H27NO3. The van der Waals surface area contributed by atoms with Gasteiger partial charge < -0.3 is 14.7 Å². The molecule has 0 unspecified atom stereocenters. The zero-order chi connectivity index (χ0) is 13.2. The number of likely N-dealkylation sites (tertiary alicyclic amines) is 1. The number of hydrogen-bond donors (Lipinski definition) is 1. The quantitative estimate of drug-likeness (QED) is 0.532. The van der Waals surface area contributed by atoms with Gasteiger partial charge in [-0.3, -0.25) is 4.79 Å². The lowest BCUT2D eigenvalue weighted by Crippen LogP contribution is -2.39. The molecular weight excluding hydrogens is 230 g/mol. The normalized spacial score (nSPS) is 20.9. The molecule has 1 aliphatic heterocycles. The number of carbonyl (C=O) groups is 1. The predicted molar refractivity (Wildman–Crippen MR) is 71.4 cm³/mol. The van der Waals surface area contributed by atoms with Crippen LogP contribution in [0.5, 0.6) is 0 Å². The van der Waals surface area contributed by atoms with Crippen molar-refractivity contribution in [2.24, 2.45) is 5.92 Å². The highest BCUT2D eigenvalue weighted by Crippen LogP contribution is 2.18. The summed E-state index contributed by atoms with van der Waals surface area (Å²) in [7, 11) is 0. The number of rotatable bonds is 8. The Hall–Kier alpha value is -0.610. The van der Waals surface area contributed by atoms with Crippen LogP contribution in [0.3, 0.4) is 0 Å². The maximum absolute atomic E-state index is 11.7. The van der Waals surface area contributed by atoms with E-state index in [0.717, 1.165) is 51.7 Å². The smallest absolute Gasteiger partial charge is 0.310 e. The molecule has 0 aromatic heterocycles. The average Bonchev–Trinajstić information content (AvgIpc) is 2.39. The van der Waals surface area contributed by atoms with Crippen LogP contribution in [0.1, 0.15) is 45.4 Å². The van der Waals surface area contributed by atoms with Crippen LogP contribution in [0.4, 0.5) is 0 Å². The Morgan fingerprint density at radius 3 is 2.83 bits per heavy atom. The van der Waals surface area contributed by atoms with E-state index >= 15 is 0 Å². The molecule has 0 aromatic rings. The molecule has 4 nitrogen and oxygen atoms in total. The zero-order valence-electron chi connectivity index (χ0n) is 11.6. The molecule has 4 heteroatoms. The Balaban J connectivity index is 2.16. The molecule has 106 valence electrons. The molecule has 0 spiro atoms. The predicted octanol–water partition coefficient (Wildman–Crippen LogP) is 1.81. The van der Waals surface area contributed by atoms with Gasteiger partial charge >= 0.3 is 5.97 Å². The molecule has 18 heavy (non-hydrogen) atoms. The zero-order valence-corrected chi connectivity index (χ0v) is 11.6. The molecule has 0 amide bonds. The van der Waals surface area contributed by atoms with Crippen molar-refractivity contribution in [3.8, 4) is 0 Å². The van der Waals surface area contributed by atoms with Crippen LogP contribution in [-0.4, -0.2) is 48.8 Å². The minimum Gasteiger partial charge on any atom is -0.466 e. The van der Waals surface area contributed by atoms with Crippen molar-refractivity contribution in [1.29, 1.82) is 0 Å². The molecule has 1 fully saturated rings. The number of carbonyl (C=O) groups excluding carboxylic acids is 1. The van der Waals surface area contributed by atoms with Gasteiger partial charge in [-0.15, -0.1) is 0 Å². The van der Waals surface area contributed by atoms with E-state index in [4.69, 9.17) is 9.84 Å². The summed E-state index contributed by atoms with van der Waals surface area (Å²) in [4.78, 5) is 14.1. The summed E-state index contributed by atoms with van der Waals surface area (Å²) >= 11 is 0. The summed E-state index contributed by atoms with van der Waals surface area (Å²) in [6.45, 7) is 5.68. The maximum Gasteiger partial charge on any atom is 0.310 e. The molecule has 0 aliphatic carbocycles. The third kappa shape index (κ3) is 5.83. The van der Waals surface area contributed by atoms with Gasteiger partial charge in [-0.05, 0) is 45.7 Å². The van der Waals surface area contributed by atoms with Gasteiger partial charge in [0.15, 0.2) is 0 Å². The molecule has 0 aromatic carbocycles. The van der Waals surface area contributed by atoms with E-state index in [9.17, 15) is 4.79 Å². The second kappa shape index (κ2) is 9.34. The Bertz CT molecular complexity index is 233. The Labute approximate surface area is 110 Å². The summed E-state index contributed by atoms with van der Waals surface area (Å²) < 4.78 is 5.09. The van der Waals surface area contributed by atoms with E-state index < -0.39 is 0 Å². The Kier molecular flexibility index (Phi) is 8.01. The van der Waals surface area contributed by atoms with E-state index in [2.05, 4.69) is 4.90 Å². The lowest BCUT2D eigenvalue weighted by Gasteiger charge is -2.31. The van der Waals surface area contributed by atoms with Crippen LogP contribution in [0.2, 0.25) is 0 Å². The minimum absolute atomic E-state index is 0.0255. The summed E-state index contributed by atoms with van der Waals surface area (Å²) in [5, 5.41) is 8.70. The van der Waals surface area contributed by atoms with Crippen LogP contribution in [0.25, 0.3) is 0 Å². The number of piperidine rings is 1. The molecule has 1 atom stereocenters. The van der Waals surface area contributed by atoms with E-state index in [1.807, 2.05) is 6.92 Å². The molecule has 1 heterocycles. The van der Waals surface area contributed by atoms with Crippen LogP contribution in [0, 0.1) is 5.92 Å². The van der Waals surface area contributed by atoms with Crippen molar-refractivity contribution in [3.05, 3.63) is 0 Å². The van der Waals surface area contributed by atoms with Gasteiger partial charge in [0.2, 0.25) is 0 Å². The van der Waals surface area contributed by atoms with Crippen molar-refractivity contribution >= 4 is 5.97 Å². The topological polar surface area (TPSA) is 49.8 Å². The number of aliphatic hydroxyl groups is 1. The van der Waals surface area contributed by atoms with E-state index in [-0.39, 0.29) is 11.9 Å². The molecule has 0 saturated carbocycles. The first-order valence-electron chi connectivity index (χ1n) is 7.27. The van der Waals surface area contributed by atoms with Crippen molar-refractivity contribution in [1.82, 2.24) is 4.90 Å². The number of unbranched alkanes of at least 4 members (excludes halogenated alkanes) is 3. The van der Waals surface area contributed by atoms with Gasteiger partial charge in [0.25, 0.3) is 0 Å². The molecule has 1 aliphatic rings. The Morgan fingerprint density at radius 1 is 1.33 bits per heavy atom. The molecule has 1 rings (SSSR count). The van der Waals surface area contributed by atoms with Gasteiger partial charge in [-0.2, -0.15) is 0 Å². The Morgan fingerprint density at radius 2 is 2.11 bits per heavy atom. The summed E-state index contributed by atoms with van der Waals surface area (Å²) in [6.07, 6.45) is 6.41. The van der Waals surface area contributed by atoms with Gasteiger partial charge in [-0.25, -0.2) is 0 Å². The first kappa shape index (κ1) is 15.4. The first-order chi connectivity index (χ1) is 8.77. The van der Waals surface area contributed by atoms with Crippen LogP contribution in [0.15, 0.2) is 0 Å². The van der Waals surface area contributed by atoms with Gasteiger partial charge in [0.1, 0.15) is 0 Å². The fourth-order valence-electron chi connectivity index (χ4n) is 2.51. The standard InChI is InChI=1S/C14H27NO3/c1-2-18-14(17)13-8-7-10-15(12-13)9-5-3-4-6-11-16/h13,16H,2-12H2,1H3/t13-/m0/s1. The van der Waals surface area contributed by atoms with Gasteiger partial charge in [0.05, 0.1) is 12.5 Å². The fraction of sp³-hybridized carbons (Fsp3) is 0.929. The largest absolute Gasteiger partial charge is 0.466 e. The maximum atomic E-state index is 11.7. The SMILES string of the molecule is CCOC(=O)[C@H]1CCCN(CCCCCCO)C1. The van der Waals surface area contributed by atoms with Crippen LogP contribution < -0.4 is 0 Å².